The molecule has 0 fully saturated rings. The van der Waals surface area contributed by atoms with E-state index >= 15 is 0 Å². The second-order valence-corrected chi connectivity index (χ2v) is 5.69. The van der Waals surface area contributed by atoms with Crippen LogP contribution in [0.25, 0.3) is 0 Å². The van der Waals surface area contributed by atoms with Crippen LogP contribution in [0, 0.1) is 5.82 Å². The second kappa shape index (κ2) is 6.24. The van der Waals surface area contributed by atoms with Crippen molar-refractivity contribution >= 4 is 5.97 Å². The van der Waals surface area contributed by atoms with E-state index in [1.165, 1.54) is 6.07 Å². The monoisotopic (exact) mass is 312 g/mol. The van der Waals surface area contributed by atoms with Crippen LogP contribution in [0.15, 0.2) is 66.4 Å². The summed E-state index contributed by atoms with van der Waals surface area (Å²) in [7, 11) is 0. The van der Waals surface area contributed by atoms with Gasteiger partial charge in [0.25, 0.3) is 0 Å². The number of carbonyl (C=O) groups is 1. The predicted octanol–water partition coefficient (Wildman–Crippen LogP) is 4.04. The molecule has 1 heterocycles. The average molecular weight is 312 g/mol. The zero-order valence-corrected chi connectivity index (χ0v) is 12.5. The Labute approximate surface area is 134 Å². The zero-order chi connectivity index (χ0) is 16.3. The largest absolute Gasteiger partial charge is 0.512 e. The highest BCUT2D eigenvalue weighted by molar-refractivity contribution is 5.84. The summed E-state index contributed by atoms with van der Waals surface area (Å²) in [5.41, 5.74) is 0.386. The molecule has 2 aromatic rings. The summed E-state index contributed by atoms with van der Waals surface area (Å²) in [6.45, 7) is 0. The third kappa shape index (κ3) is 3.26. The highest BCUT2D eigenvalue weighted by Gasteiger charge is 2.40. The Bertz CT molecular complexity index is 739. The zero-order valence-electron chi connectivity index (χ0n) is 12.5. The first-order valence-electron chi connectivity index (χ1n) is 7.50. The van der Waals surface area contributed by atoms with Crippen molar-refractivity contribution < 1.29 is 19.0 Å². The smallest absolute Gasteiger partial charge is 0.335 e. The van der Waals surface area contributed by atoms with E-state index in [4.69, 9.17) is 4.74 Å². The van der Waals surface area contributed by atoms with Gasteiger partial charge >= 0.3 is 5.97 Å². The number of halogens is 1. The van der Waals surface area contributed by atoms with Gasteiger partial charge in [0.05, 0.1) is 6.08 Å². The number of cyclic esters (lactones) is 1. The number of aliphatic hydroxyl groups excluding tert-OH is 1. The van der Waals surface area contributed by atoms with Gasteiger partial charge in [-0.2, -0.15) is 0 Å². The standard InChI is InChI=1S/C19H17FO3/c20-17-9-5-4-6-14(17)10-11-19(15-7-2-1-3-8-15)13-16(21)12-18(22)23-19/h1-9,12,21H,10-11,13H2. The lowest BCUT2D eigenvalue weighted by Crippen LogP contribution is -2.36. The summed E-state index contributed by atoms with van der Waals surface area (Å²) in [5.74, 6) is -0.873. The number of rotatable bonds is 4. The summed E-state index contributed by atoms with van der Waals surface area (Å²) in [5, 5.41) is 9.91. The van der Waals surface area contributed by atoms with Crippen molar-refractivity contribution in [2.45, 2.75) is 24.9 Å². The van der Waals surface area contributed by atoms with Gasteiger partial charge in [-0.05, 0) is 30.0 Å². The first kappa shape index (κ1) is 15.3. The number of ether oxygens (including phenoxy) is 1. The van der Waals surface area contributed by atoms with E-state index in [0.717, 1.165) is 11.6 Å². The van der Waals surface area contributed by atoms with E-state index in [0.29, 0.717) is 18.4 Å². The van der Waals surface area contributed by atoms with Crippen molar-refractivity contribution in [3.8, 4) is 0 Å². The first-order valence-corrected chi connectivity index (χ1v) is 7.50. The maximum absolute atomic E-state index is 13.9. The van der Waals surface area contributed by atoms with E-state index in [2.05, 4.69) is 0 Å². The molecule has 1 aliphatic rings. The normalized spacial score (nSPS) is 20.7. The highest BCUT2D eigenvalue weighted by atomic mass is 19.1. The molecule has 1 unspecified atom stereocenters. The van der Waals surface area contributed by atoms with Gasteiger partial charge in [-0.3, -0.25) is 0 Å². The molecule has 3 rings (SSSR count). The fourth-order valence-corrected chi connectivity index (χ4v) is 2.96. The van der Waals surface area contributed by atoms with Crippen LogP contribution in [0.2, 0.25) is 0 Å². The topological polar surface area (TPSA) is 46.5 Å². The number of esters is 1. The Morgan fingerprint density at radius 3 is 2.48 bits per heavy atom. The Morgan fingerprint density at radius 2 is 1.78 bits per heavy atom. The third-order valence-corrected chi connectivity index (χ3v) is 4.10. The highest BCUT2D eigenvalue weighted by Crippen LogP contribution is 2.39. The van der Waals surface area contributed by atoms with Crippen LogP contribution in [-0.2, 0) is 21.6 Å². The molecule has 3 nitrogen and oxygen atoms in total. The number of carbonyl (C=O) groups excluding carboxylic acids is 1. The lowest BCUT2D eigenvalue weighted by Gasteiger charge is -2.36. The van der Waals surface area contributed by atoms with E-state index in [1.807, 2.05) is 30.3 Å². The lowest BCUT2D eigenvalue weighted by molar-refractivity contribution is -0.159. The number of aryl methyl sites for hydroxylation is 1. The predicted molar refractivity (Wildman–Crippen MR) is 84.3 cm³/mol. The van der Waals surface area contributed by atoms with Crippen molar-refractivity contribution in [2.24, 2.45) is 0 Å². The Kier molecular flexibility index (Phi) is 4.15. The van der Waals surface area contributed by atoms with E-state index in [9.17, 15) is 14.3 Å². The first-order chi connectivity index (χ1) is 11.1. The van der Waals surface area contributed by atoms with Gasteiger partial charge in [0.15, 0.2) is 0 Å². The lowest BCUT2D eigenvalue weighted by atomic mass is 9.82. The van der Waals surface area contributed by atoms with Crippen LogP contribution in [-0.4, -0.2) is 11.1 Å². The van der Waals surface area contributed by atoms with Gasteiger partial charge in [-0.25, -0.2) is 9.18 Å². The Hall–Kier alpha value is -2.62. The minimum Gasteiger partial charge on any atom is -0.512 e. The van der Waals surface area contributed by atoms with Gasteiger partial charge in [-0.1, -0.05) is 48.5 Å². The molecule has 1 atom stereocenters. The molecular formula is C19H17FO3. The summed E-state index contributed by atoms with van der Waals surface area (Å²) >= 11 is 0. The fraction of sp³-hybridized carbons (Fsp3) is 0.211. The molecule has 4 heteroatoms. The van der Waals surface area contributed by atoms with Gasteiger partial charge in [0.2, 0.25) is 0 Å². The summed E-state index contributed by atoms with van der Waals surface area (Å²) in [4.78, 5) is 11.8. The molecule has 23 heavy (non-hydrogen) atoms. The van der Waals surface area contributed by atoms with Crippen LogP contribution in [0.4, 0.5) is 4.39 Å². The average Bonchev–Trinajstić information content (AvgIpc) is 2.54. The Balaban J connectivity index is 1.92. The maximum atomic E-state index is 13.9. The van der Waals surface area contributed by atoms with E-state index < -0.39 is 11.6 Å². The molecular weight excluding hydrogens is 295 g/mol. The van der Waals surface area contributed by atoms with Crippen molar-refractivity contribution in [3.05, 3.63) is 83.4 Å². The minimum absolute atomic E-state index is 0.0152. The minimum atomic E-state index is -0.973. The van der Waals surface area contributed by atoms with Crippen molar-refractivity contribution in [2.75, 3.05) is 0 Å². The van der Waals surface area contributed by atoms with Crippen LogP contribution in [0.5, 0.6) is 0 Å². The molecule has 2 aromatic carbocycles. The van der Waals surface area contributed by atoms with Crippen molar-refractivity contribution in [1.82, 2.24) is 0 Å². The molecule has 0 aliphatic carbocycles. The van der Waals surface area contributed by atoms with E-state index in [-0.39, 0.29) is 18.0 Å². The van der Waals surface area contributed by atoms with Crippen LogP contribution in [0.1, 0.15) is 24.0 Å². The van der Waals surface area contributed by atoms with Crippen molar-refractivity contribution in [3.63, 3.8) is 0 Å². The molecule has 0 bridgehead atoms. The second-order valence-electron chi connectivity index (χ2n) is 5.69. The van der Waals surface area contributed by atoms with Crippen LogP contribution in [0.3, 0.4) is 0 Å². The molecule has 0 saturated heterocycles. The fourth-order valence-electron chi connectivity index (χ4n) is 2.96. The molecule has 0 spiro atoms. The van der Waals surface area contributed by atoms with Gasteiger partial charge in [0, 0.05) is 6.42 Å². The van der Waals surface area contributed by atoms with Gasteiger partial charge in [0.1, 0.15) is 17.2 Å². The van der Waals surface area contributed by atoms with Crippen LogP contribution >= 0.6 is 0 Å². The quantitative estimate of drug-likeness (QED) is 0.867. The van der Waals surface area contributed by atoms with Crippen molar-refractivity contribution in [1.29, 1.82) is 0 Å². The van der Waals surface area contributed by atoms with Gasteiger partial charge in [-0.15, -0.1) is 0 Å². The summed E-state index contributed by atoms with van der Waals surface area (Å²) in [6.07, 6.45) is 2.07. The third-order valence-electron chi connectivity index (χ3n) is 4.10. The molecule has 0 saturated carbocycles. The number of hydrogen-bond donors (Lipinski definition) is 1. The summed E-state index contributed by atoms with van der Waals surface area (Å²) in [6, 6.07) is 15.8. The molecule has 0 aromatic heterocycles. The van der Waals surface area contributed by atoms with Crippen LogP contribution < -0.4 is 0 Å². The van der Waals surface area contributed by atoms with Gasteiger partial charge < -0.3 is 9.84 Å². The summed E-state index contributed by atoms with van der Waals surface area (Å²) < 4.78 is 19.5. The maximum Gasteiger partial charge on any atom is 0.335 e. The molecule has 1 N–H and O–H groups in total. The number of aliphatic hydroxyl groups is 1. The molecule has 0 radical (unpaired) electrons. The Morgan fingerprint density at radius 1 is 1.09 bits per heavy atom. The number of hydrogen-bond acceptors (Lipinski definition) is 3. The molecule has 0 amide bonds. The molecule has 1 aliphatic heterocycles. The SMILES string of the molecule is O=C1C=C(O)CC(CCc2ccccc2F)(c2ccccc2)O1. The van der Waals surface area contributed by atoms with E-state index in [1.54, 1.807) is 18.2 Å². The molecule has 118 valence electrons. The number of benzene rings is 2.